The van der Waals surface area contributed by atoms with Crippen LogP contribution in [0.3, 0.4) is 0 Å². The lowest BCUT2D eigenvalue weighted by Crippen LogP contribution is -2.00. The molecule has 2 nitrogen and oxygen atoms in total. The van der Waals surface area contributed by atoms with Crippen LogP contribution in [0.1, 0.15) is 0 Å². The molecule has 0 aromatic heterocycles. The Bertz CT molecular complexity index is 468. The van der Waals surface area contributed by atoms with E-state index in [2.05, 4.69) is 0 Å². The molecule has 0 atom stereocenters. The summed E-state index contributed by atoms with van der Waals surface area (Å²) in [4.78, 5) is 0. The second-order valence-electron chi connectivity index (χ2n) is 3.15. The lowest BCUT2D eigenvalue weighted by Gasteiger charge is -2.07. The fourth-order valence-corrected chi connectivity index (χ4v) is 1.45. The maximum Gasteiger partial charge on any atom is 0.188 e. The summed E-state index contributed by atoms with van der Waals surface area (Å²) in [5, 5.41) is 1.42. The first-order valence-electron chi connectivity index (χ1n) is 4.62. The molecule has 0 N–H and O–H groups in total. The summed E-state index contributed by atoms with van der Waals surface area (Å²) in [5.41, 5.74) is 0. The first kappa shape index (κ1) is 9.93. The second-order valence-corrected chi connectivity index (χ2v) is 3.15. The molecule has 0 radical (unpaired) electrons. The molecular formula is C12H11FO2. The van der Waals surface area contributed by atoms with Gasteiger partial charge in [0.05, 0.1) is 0 Å². The monoisotopic (exact) mass is 206 g/mol. The van der Waals surface area contributed by atoms with Crippen LogP contribution < -0.4 is 4.74 Å². The smallest absolute Gasteiger partial charge is 0.188 e. The van der Waals surface area contributed by atoms with E-state index < -0.39 is 0 Å². The molecule has 2 aromatic carbocycles. The molecule has 2 rings (SSSR count). The molecule has 0 aliphatic heterocycles. The molecule has 78 valence electrons. The molecule has 0 bridgehead atoms. The fourth-order valence-electron chi connectivity index (χ4n) is 1.45. The third-order valence-corrected chi connectivity index (χ3v) is 2.16. The molecule has 15 heavy (non-hydrogen) atoms. The molecule has 0 spiro atoms. The van der Waals surface area contributed by atoms with Crippen molar-refractivity contribution in [3.05, 3.63) is 42.2 Å². The Hall–Kier alpha value is -1.61. The van der Waals surface area contributed by atoms with Gasteiger partial charge in [0.1, 0.15) is 0 Å². The zero-order valence-electron chi connectivity index (χ0n) is 8.37. The van der Waals surface area contributed by atoms with Crippen molar-refractivity contribution in [3.8, 4) is 5.75 Å². The van der Waals surface area contributed by atoms with Crippen molar-refractivity contribution in [2.45, 2.75) is 0 Å². The van der Waals surface area contributed by atoms with Crippen molar-refractivity contribution < 1.29 is 13.9 Å². The van der Waals surface area contributed by atoms with Gasteiger partial charge < -0.3 is 9.47 Å². The largest absolute Gasteiger partial charge is 0.464 e. The highest BCUT2D eigenvalue weighted by Gasteiger charge is 2.07. The number of hydrogen-bond donors (Lipinski definition) is 0. The zero-order valence-corrected chi connectivity index (χ0v) is 8.37. The first-order valence-corrected chi connectivity index (χ1v) is 4.62. The van der Waals surface area contributed by atoms with E-state index in [4.69, 9.17) is 9.47 Å². The zero-order chi connectivity index (χ0) is 10.7. The van der Waals surface area contributed by atoms with E-state index in [0.29, 0.717) is 5.39 Å². The summed E-state index contributed by atoms with van der Waals surface area (Å²) >= 11 is 0. The lowest BCUT2D eigenvalue weighted by molar-refractivity contribution is 0.0485. The topological polar surface area (TPSA) is 18.5 Å². The molecular weight excluding hydrogens is 195 g/mol. The third-order valence-electron chi connectivity index (χ3n) is 2.16. The minimum Gasteiger partial charge on any atom is -0.464 e. The van der Waals surface area contributed by atoms with Crippen molar-refractivity contribution in [2.75, 3.05) is 13.9 Å². The Morgan fingerprint density at radius 1 is 1.13 bits per heavy atom. The van der Waals surface area contributed by atoms with Gasteiger partial charge in [0.15, 0.2) is 18.4 Å². The maximum absolute atomic E-state index is 13.8. The van der Waals surface area contributed by atoms with E-state index in [1.165, 1.54) is 7.11 Å². The Kier molecular flexibility index (Phi) is 2.83. The minimum absolute atomic E-state index is 0.0509. The van der Waals surface area contributed by atoms with Gasteiger partial charge in [-0.3, -0.25) is 0 Å². The highest BCUT2D eigenvalue weighted by Crippen LogP contribution is 2.25. The molecule has 3 heteroatoms. The van der Waals surface area contributed by atoms with Crippen LogP contribution in [0.25, 0.3) is 10.8 Å². The Morgan fingerprint density at radius 2 is 1.93 bits per heavy atom. The lowest BCUT2D eigenvalue weighted by atomic mass is 10.1. The molecule has 0 saturated heterocycles. The number of hydrogen-bond acceptors (Lipinski definition) is 2. The molecule has 2 aromatic rings. The molecule has 0 saturated carbocycles. The number of benzene rings is 2. The molecule has 0 aliphatic carbocycles. The van der Waals surface area contributed by atoms with Gasteiger partial charge in [0.2, 0.25) is 0 Å². The van der Waals surface area contributed by atoms with E-state index in [0.717, 1.165) is 5.39 Å². The van der Waals surface area contributed by atoms with E-state index in [-0.39, 0.29) is 18.4 Å². The third kappa shape index (κ3) is 1.92. The van der Waals surface area contributed by atoms with Crippen LogP contribution in [-0.2, 0) is 4.74 Å². The highest BCUT2D eigenvalue weighted by molar-refractivity contribution is 5.84. The average Bonchev–Trinajstić information content (AvgIpc) is 2.29. The van der Waals surface area contributed by atoms with Gasteiger partial charge in [-0.2, -0.15) is 0 Å². The van der Waals surface area contributed by atoms with Crippen molar-refractivity contribution >= 4 is 10.8 Å². The number of halogens is 1. The summed E-state index contributed by atoms with van der Waals surface area (Å²) in [7, 11) is 1.50. The molecule has 0 heterocycles. The van der Waals surface area contributed by atoms with Crippen LogP contribution >= 0.6 is 0 Å². The van der Waals surface area contributed by atoms with Crippen LogP contribution in [0, 0.1) is 5.82 Å². The van der Waals surface area contributed by atoms with E-state index in [1.807, 2.05) is 18.2 Å². The summed E-state index contributed by atoms with van der Waals surface area (Å²) in [6.45, 7) is 0.0509. The van der Waals surface area contributed by atoms with Gasteiger partial charge in [-0.25, -0.2) is 4.39 Å². The molecule has 0 unspecified atom stereocenters. The molecule has 0 fully saturated rings. The standard InChI is InChI=1S/C12H11FO2/c1-14-8-15-11-7-6-9-4-2-3-5-10(9)12(11)13/h2-7H,8H2,1H3. The maximum atomic E-state index is 13.8. The number of rotatable bonds is 3. The van der Waals surface area contributed by atoms with Crippen molar-refractivity contribution in [2.24, 2.45) is 0 Å². The normalized spacial score (nSPS) is 10.5. The second kappa shape index (κ2) is 4.28. The average molecular weight is 206 g/mol. The van der Waals surface area contributed by atoms with E-state index in [1.54, 1.807) is 18.2 Å². The van der Waals surface area contributed by atoms with E-state index in [9.17, 15) is 4.39 Å². The fraction of sp³-hybridized carbons (Fsp3) is 0.167. The number of methoxy groups -OCH3 is 1. The predicted octanol–water partition coefficient (Wildman–Crippen LogP) is 2.96. The quantitative estimate of drug-likeness (QED) is 0.719. The SMILES string of the molecule is COCOc1ccc2ccccc2c1F. The Labute approximate surface area is 87.2 Å². The summed E-state index contributed by atoms with van der Waals surface area (Å²) in [5.74, 6) is -0.124. The van der Waals surface area contributed by atoms with Crippen LogP contribution in [0.2, 0.25) is 0 Å². The summed E-state index contributed by atoms with van der Waals surface area (Å²) in [6, 6.07) is 10.7. The van der Waals surface area contributed by atoms with Crippen LogP contribution in [0.15, 0.2) is 36.4 Å². The Balaban J connectivity index is 2.45. The highest BCUT2D eigenvalue weighted by atomic mass is 19.1. The van der Waals surface area contributed by atoms with Gasteiger partial charge >= 0.3 is 0 Å². The van der Waals surface area contributed by atoms with Crippen molar-refractivity contribution in [1.29, 1.82) is 0 Å². The first-order chi connectivity index (χ1) is 7.33. The summed E-state index contributed by atoms with van der Waals surface area (Å²) in [6.07, 6.45) is 0. The van der Waals surface area contributed by atoms with Crippen LogP contribution in [0.5, 0.6) is 5.75 Å². The number of fused-ring (bicyclic) bond motifs is 1. The Morgan fingerprint density at radius 3 is 2.73 bits per heavy atom. The van der Waals surface area contributed by atoms with Crippen molar-refractivity contribution in [1.82, 2.24) is 0 Å². The summed E-state index contributed by atoms with van der Waals surface area (Å²) < 4.78 is 23.6. The molecule has 0 amide bonds. The van der Waals surface area contributed by atoms with Gasteiger partial charge in [0.25, 0.3) is 0 Å². The predicted molar refractivity (Wildman–Crippen MR) is 56.4 cm³/mol. The number of ether oxygens (including phenoxy) is 2. The van der Waals surface area contributed by atoms with Gasteiger partial charge in [-0.15, -0.1) is 0 Å². The van der Waals surface area contributed by atoms with Gasteiger partial charge in [-0.1, -0.05) is 30.3 Å². The van der Waals surface area contributed by atoms with Crippen LogP contribution in [0.4, 0.5) is 4.39 Å². The minimum atomic E-state index is -0.342. The molecule has 0 aliphatic rings. The van der Waals surface area contributed by atoms with Crippen molar-refractivity contribution in [3.63, 3.8) is 0 Å². The van der Waals surface area contributed by atoms with E-state index >= 15 is 0 Å². The van der Waals surface area contributed by atoms with Crippen LogP contribution in [-0.4, -0.2) is 13.9 Å². The van der Waals surface area contributed by atoms with Gasteiger partial charge in [-0.05, 0) is 11.5 Å². The van der Waals surface area contributed by atoms with Gasteiger partial charge in [0, 0.05) is 12.5 Å².